The van der Waals surface area contributed by atoms with Crippen LogP contribution in [-0.2, 0) is 4.79 Å². The summed E-state index contributed by atoms with van der Waals surface area (Å²) in [6, 6.07) is 0. The van der Waals surface area contributed by atoms with Gasteiger partial charge >= 0.3 is 0 Å². The monoisotopic (exact) mass is 137 g/mol. The number of nitrogens with two attached hydrogens (primary N) is 1. The van der Waals surface area contributed by atoms with Crippen molar-refractivity contribution in [1.29, 1.82) is 0 Å². The van der Waals surface area contributed by atoms with Crippen molar-refractivity contribution in [2.75, 3.05) is 0 Å². The largest absolute Gasteiger partial charge is 0.366 e. The van der Waals surface area contributed by atoms with Gasteiger partial charge in [-0.25, -0.2) is 0 Å². The van der Waals surface area contributed by atoms with Gasteiger partial charge in [0.15, 0.2) is 0 Å². The van der Waals surface area contributed by atoms with E-state index >= 15 is 0 Å². The third-order valence-corrected chi connectivity index (χ3v) is 2.61. The highest BCUT2D eigenvalue weighted by molar-refractivity contribution is 5.93. The quantitative estimate of drug-likeness (QED) is 0.575. The zero-order chi connectivity index (χ0) is 7.14. The summed E-state index contributed by atoms with van der Waals surface area (Å²) in [6.07, 6.45) is 4.53. The van der Waals surface area contributed by atoms with Crippen molar-refractivity contribution in [1.82, 2.24) is 0 Å². The number of allylic oxidation sites excluding steroid dienone is 1. The van der Waals surface area contributed by atoms with Crippen molar-refractivity contribution in [2.24, 2.45) is 11.7 Å². The molecule has 2 bridgehead atoms. The van der Waals surface area contributed by atoms with Crippen LogP contribution in [0.1, 0.15) is 25.7 Å². The average Bonchev–Trinajstić information content (AvgIpc) is 2.44. The van der Waals surface area contributed by atoms with Crippen LogP contribution in [0.5, 0.6) is 0 Å². The Labute approximate surface area is 60.1 Å². The Morgan fingerprint density at radius 1 is 1.50 bits per heavy atom. The maximum Gasteiger partial charge on any atom is 0.244 e. The number of carbonyl (C=O) groups excluding carboxylic acids is 1. The Balaban J connectivity index is 2.30. The van der Waals surface area contributed by atoms with Crippen LogP contribution in [0, 0.1) is 5.92 Å². The van der Waals surface area contributed by atoms with E-state index in [4.69, 9.17) is 5.73 Å². The Bertz CT molecular complexity index is 217. The summed E-state index contributed by atoms with van der Waals surface area (Å²) in [5.41, 5.74) is 7.47. The highest BCUT2D eigenvalue weighted by Gasteiger charge is 2.31. The Morgan fingerprint density at radius 3 is 2.60 bits per heavy atom. The van der Waals surface area contributed by atoms with Gasteiger partial charge in [0.1, 0.15) is 0 Å². The van der Waals surface area contributed by atoms with Crippen molar-refractivity contribution < 1.29 is 4.79 Å². The Kier molecular flexibility index (Phi) is 1.10. The molecule has 1 atom stereocenters. The number of primary amides is 1. The van der Waals surface area contributed by atoms with Gasteiger partial charge in [-0.1, -0.05) is 5.57 Å². The molecule has 1 amide bonds. The molecule has 0 aliphatic heterocycles. The summed E-state index contributed by atoms with van der Waals surface area (Å²) in [4.78, 5) is 10.8. The van der Waals surface area contributed by atoms with Gasteiger partial charge in [-0.15, -0.1) is 0 Å². The molecule has 54 valence electrons. The van der Waals surface area contributed by atoms with Gasteiger partial charge in [0.25, 0.3) is 0 Å². The second-order valence-corrected chi connectivity index (χ2v) is 3.26. The van der Waals surface area contributed by atoms with Crippen LogP contribution in [-0.4, -0.2) is 5.91 Å². The Hall–Kier alpha value is -0.790. The zero-order valence-electron chi connectivity index (χ0n) is 5.89. The molecule has 0 saturated heterocycles. The molecule has 0 aromatic carbocycles. The summed E-state index contributed by atoms with van der Waals surface area (Å²) < 4.78 is 0. The SMILES string of the molecule is NC(=O)C1=C2CC[C@@H](C2)C1. The first-order chi connectivity index (χ1) is 4.77. The molecule has 0 aromatic heterocycles. The number of amides is 1. The molecular weight excluding hydrogens is 126 g/mol. The van der Waals surface area contributed by atoms with E-state index < -0.39 is 0 Å². The molecule has 0 heterocycles. The van der Waals surface area contributed by atoms with E-state index in [2.05, 4.69) is 0 Å². The molecule has 0 unspecified atom stereocenters. The zero-order valence-corrected chi connectivity index (χ0v) is 5.89. The number of hydrogen-bond donors (Lipinski definition) is 1. The summed E-state index contributed by atoms with van der Waals surface area (Å²) in [5.74, 6) is 0.578. The molecule has 2 aliphatic rings. The lowest BCUT2D eigenvalue weighted by atomic mass is 9.99. The topological polar surface area (TPSA) is 43.1 Å². The predicted molar refractivity (Wildman–Crippen MR) is 38.2 cm³/mol. The maximum absolute atomic E-state index is 10.8. The molecule has 1 fully saturated rings. The first-order valence-electron chi connectivity index (χ1n) is 3.78. The van der Waals surface area contributed by atoms with Gasteiger partial charge in [-0.2, -0.15) is 0 Å². The lowest BCUT2D eigenvalue weighted by Gasteiger charge is -2.07. The maximum atomic E-state index is 10.8. The molecule has 2 heteroatoms. The predicted octanol–water partition coefficient (Wildman–Crippen LogP) is 0.972. The first kappa shape index (κ1) is 5.96. The third kappa shape index (κ3) is 0.681. The molecule has 2 aliphatic carbocycles. The van der Waals surface area contributed by atoms with Crippen molar-refractivity contribution >= 4 is 5.91 Å². The van der Waals surface area contributed by atoms with Crippen molar-refractivity contribution in [2.45, 2.75) is 25.7 Å². The molecule has 2 rings (SSSR count). The number of rotatable bonds is 1. The smallest absolute Gasteiger partial charge is 0.244 e. The van der Waals surface area contributed by atoms with Crippen LogP contribution < -0.4 is 5.73 Å². The van der Waals surface area contributed by atoms with Gasteiger partial charge in [0, 0.05) is 5.57 Å². The summed E-state index contributed by atoms with van der Waals surface area (Å²) in [6.45, 7) is 0. The number of carbonyl (C=O) groups is 1. The van der Waals surface area contributed by atoms with Gasteiger partial charge in [0.2, 0.25) is 5.91 Å². The molecule has 1 saturated carbocycles. The van der Waals surface area contributed by atoms with E-state index in [0.717, 1.165) is 30.8 Å². The highest BCUT2D eigenvalue weighted by Crippen LogP contribution is 2.43. The van der Waals surface area contributed by atoms with Crippen LogP contribution in [0.15, 0.2) is 11.1 Å². The average molecular weight is 137 g/mol. The van der Waals surface area contributed by atoms with Crippen LogP contribution in [0.25, 0.3) is 0 Å². The molecule has 0 radical (unpaired) electrons. The van der Waals surface area contributed by atoms with E-state index in [1.807, 2.05) is 0 Å². The van der Waals surface area contributed by atoms with Crippen molar-refractivity contribution in [3.63, 3.8) is 0 Å². The van der Waals surface area contributed by atoms with E-state index in [-0.39, 0.29) is 5.91 Å². The minimum atomic E-state index is -0.183. The fourth-order valence-corrected chi connectivity index (χ4v) is 2.09. The van der Waals surface area contributed by atoms with Crippen LogP contribution >= 0.6 is 0 Å². The fraction of sp³-hybridized carbons (Fsp3) is 0.625. The van der Waals surface area contributed by atoms with Crippen LogP contribution in [0.3, 0.4) is 0 Å². The van der Waals surface area contributed by atoms with Crippen molar-refractivity contribution in [3.05, 3.63) is 11.1 Å². The van der Waals surface area contributed by atoms with E-state index in [0.29, 0.717) is 0 Å². The molecular formula is C8H11NO. The normalized spacial score (nSPS) is 29.8. The molecule has 2 N–H and O–H groups in total. The molecule has 2 nitrogen and oxygen atoms in total. The lowest BCUT2D eigenvalue weighted by Crippen LogP contribution is -2.15. The van der Waals surface area contributed by atoms with Crippen molar-refractivity contribution in [3.8, 4) is 0 Å². The number of hydrogen-bond acceptors (Lipinski definition) is 1. The second-order valence-electron chi connectivity index (χ2n) is 3.26. The van der Waals surface area contributed by atoms with E-state index in [1.165, 1.54) is 12.0 Å². The summed E-state index contributed by atoms with van der Waals surface area (Å²) in [5, 5.41) is 0. The second kappa shape index (κ2) is 1.84. The minimum absolute atomic E-state index is 0.183. The number of fused-ring (bicyclic) bond motifs is 2. The third-order valence-electron chi connectivity index (χ3n) is 2.61. The summed E-state index contributed by atoms with van der Waals surface area (Å²) in [7, 11) is 0. The fourth-order valence-electron chi connectivity index (χ4n) is 2.09. The van der Waals surface area contributed by atoms with E-state index in [1.54, 1.807) is 0 Å². The molecule has 0 spiro atoms. The van der Waals surface area contributed by atoms with E-state index in [9.17, 15) is 4.79 Å². The van der Waals surface area contributed by atoms with Crippen LogP contribution in [0.2, 0.25) is 0 Å². The molecule has 10 heavy (non-hydrogen) atoms. The summed E-state index contributed by atoms with van der Waals surface area (Å²) >= 11 is 0. The van der Waals surface area contributed by atoms with Gasteiger partial charge in [-0.05, 0) is 31.6 Å². The first-order valence-corrected chi connectivity index (χ1v) is 3.78. The van der Waals surface area contributed by atoms with Crippen LogP contribution in [0.4, 0.5) is 0 Å². The van der Waals surface area contributed by atoms with Gasteiger partial charge in [0.05, 0.1) is 0 Å². The standard InChI is InChI=1S/C8H11NO/c9-8(10)7-4-5-1-2-6(7)3-5/h5H,1-4H2,(H2,9,10)/t5-/m0/s1. The lowest BCUT2D eigenvalue weighted by molar-refractivity contribution is -0.114. The van der Waals surface area contributed by atoms with Gasteiger partial charge in [-0.3, -0.25) is 4.79 Å². The minimum Gasteiger partial charge on any atom is -0.366 e. The molecule has 0 aromatic rings. The van der Waals surface area contributed by atoms with Gasteiger partial charge < -0.3 is 5.73 Å². The Morgan fingerprint density at radius 2 is 2.30 bits per heavy atom. The highest BCUT2D eigenvalue weighted by atomic mass is 16.1.